The second kappa shape index (κ2) is 12.9. The summed E-state index contributed by atoms with van der Waals surface area (Å²) < 4.78 is 74.2. The van der Waals surface area contributed by atoms with Crippen LogP contribution in [0, 0.1) is 0 Å². The van der Waals surface area contributed by atoms with Crippen LogP contribution in [0.25, 0.3) is 0 Å². The number of hydrogen-bond acceptors (Lipinski definition) is 7. The van der Waals surface area contributed by atoms with Gasteiger partial charge in [-0.05, 0) is 61.0 Å². The van der Waals surface area contributed by atoms with Gasteiger partial charge in [0.25, 0.3) is 5.91 Å². The van der Waals surface area contributed by atoms with E-state index in [4.69, 9.17) is 9.47 Å². The topological polar surface area (TPSA) is 97.8 Å². The predicted molar refractivity (Wildman–Crippen MR) is 148 cm³/mol. The fourth-order valence-corrected chi connectivity index (χ4v) is 5.41. The average Bonchev–Trinajstić information content (AvgIpc) is 3.37. The number of pyridine rings is 1. The fraction of sp³-hybridized carbons (Fsp3) is 0.379. The second-order valence-electron chi connectivity index (χ2n) is 9.60. The Morgan fingerprint density at radius 3 is 2.34 bits per heavy atom. The second-order valence-corrected chi connectivity index (χ2v) is 11.9. The summed E-state index contributed by atoms with van der Waals surface area (Å²) in [5.41, 5.74) is 0.380. The van der Waals surface area contributed by atoms with E-state index in [1.807, 2.05) is 11.8 Å². The van der Waals surface area contributed by atoms with E-state index in [2.05, 4.69) is 10.3 Å². The van der Waals surface area contributed by atoms with Crippen LogP contribution in [0.15, 0.2) is 71.8 Å². The van der Waals surface area contributed by atoms with Crippen molar-refractivity contribution in [2.24, 2.45) is 0 Å². The first-order chi connectivity index (χ1) is 19.5. The standard InChI is InChI=1S/C29H32F3N3O5S/c1-3-39-19-23-15-25(40-24-10-8-22(9-11-24)29(30,31)32)18-35(23)27-14-7-21(17-33-27)28(36)34-16-20-5-12-26(13-6-20)41(37,38)4-2/h5-14,17,23,25H,3-4,15-16,18-19H2,1-2H3,(H,34,36)/t23-,25?/m0/s1. The summed E-state index contributed by atoms with van der Waals surface area (Å²) in [4.78, 5) is 19.4. The van der Waals surface area contributed by atoms with Crippen LogP contribution in [0.3, 0.4) is 0 Å². The van der Waals surface area contributed by atoms with Gasteiger partial charge in [0.1, 0.15) is 17.7 Å². The van der Waals surface area contributed by atoms with E-state index in [-0.39, 0.29) is 35.2 Å². The molecule has 1 aliphatic heterocycles. The van der Waals surface area contributed by atoms with E-state index >= 15 is 0 Å². The molecule has 1 fully saturated rings. The summed E-state index contributed by atoms with van der Waals surface area (Å²) in [5, 5.41) is 2.81. The zero-order valence-electron chi connectivity index (χ0n) is 22.7. The van der Waals surface area contributed by atoms with Gasteiger partial charge >= 0.3 is 6.18 Å². The lowest BCUT2D eigenvalue weighted by Gasteiger charge is -2.25. The summed E-state index contributed by atoms with van der Waals surface area (Å²) in [7, 11) is -3.29. The molecule has 8 nitrogen and oxygen atoms in total. The largest absolute Gasteiger partial charge is 0.489 e. The highest BCUT2D eigenvalue weighted by Crippen LogP contribution is 2.32. The number of hydrogen-bond donors (Lipinski definition) is 1. The number of rotatable bonds is 11. The first-order valence-electron chi connectivity index (χ1n) is 13.2. The van der Waals surface area contributed by atoms with Crippen LogP contribution >= 0.6 is 0 Å². The van der Waals surface area contributed by atoms with Crippen LogP contribution in [0.5, 0.6) is 5.75 Å². The molecule has 1 aromatic heterocycles. The summed E-state index contributed by atoms with van der Waals surface area (Å²) >= 11 is 0. The van der Waals surface area contributed by atoms with Gasteiger partial charge in [-0.2, -0.15) is 13.2 Å². The van der Waals surface area contributed by atoms with Gasteiger partial charge in [-0.3, -0.25) is 4.79 Å². The number of anilines is 1. The SMILES string of the molecule is CCOC[C@@H]1CC(Oc2ccc(C(F)(F)F)cc2)CN1c1ccc(C(=O)NCc2ccc(S(=O)(=O)CC)cc2)cn1. The number of carbonyl (C=O) groups excluding carboxylic acids is 1. The first-order valence-corrected chi connectivity index (χ1v) is 14.9. The minimum absolute atomic E-state index is 0.0166. The molecule has 1 aliphatic rings. The number of nitrogens with one attached hydrogen (secondary N) is 1. The summed E-state index contributed by atoms with van der Waals surface area (Å²) in [5.74, 6) is 0.659. The van der Waals surface area contributed by atoms with Crippen molar-refractivity contribution >= 4 is 21.6 Å². The maximum absolute atomic E-state index is 12.9. The number of nitrogens with zero attached hydrogens (tertiary/aromatic N) is 2. The average molecular weight is 592 g/mol. The number of alkyl halides is 3. The number of amides is 1. The molecule has 2 atom stereocenters. The lowest BCUT2D eigenvalue weighted by Crippen LogP contribution is -2.34. The molecule has 0 aliphatic carbocycles. The van der Waals surface area contributed by atoms with E-state index in [0.29, 0.717) is 43.3 Å². The maximum atomic E-state index is 12.9. The van der Waals surface area contributed by atoms with Gasteiger partial charge < -0.3 is 19.7 Å². The molecule has 2 aromatic carbocycles. The van der Waals surface area contributed by atoms with Crippen LogP contribution in [0.2, 0.25) is 0 Å². The van der Waals surface area contributed by atoms with Crippen LogP contribution in [-0.2, 0) is 27.3 Å². The first kappa shape index (κ1) is 30.3. The van der Waals surface area contributed by atoms with Crippen LogP contribution in [0.4, 0.5) is 19.0 Å². The Bertz CT molecular complexity index is 1410. The molecule has 1 unspecified atom stereocenters. The molecule has 1 N–H and O–H groups in total. The summed E-state index contributed by atoms with van der Waals surface area (Å²) in [6.45, 7) is 5.09. The van der Waals surface area contributed by atoms with Crippen molar-refractivity contribution in [2.75, 3.05) is 30.4 Å². The van der Waals surface area contributed by atoms with Crippen molar-refractivity contribution in [3.8, 4) is 5.75 Å². The van der Waals surface area contributed by atoms with E-state index in [0.717, 1.165) is 17.7 Å². The number of sulfone groups is 1. The van der Waals surface area contributed by atoms with Gasteiger partial charge in [0, 0.05) is 25.8 Å². The Labute approximate surface area is 237 Å². The van der Waals surface area contributed by atoms with Crippen LogP contribution in [-0.4, -0.2) is 57.0 Å². The van der Waals surface area contributed by atoms with Crippen molar-refractivity contribution in [3.05, 3.63) is 83.6 Å². The van der Waals surface area contributed by atoms with Gasteiger partial charge in [-0.25, -0.2) is 13.4 Å². The van der Waals surface area contributed by atoms with Gasteiger partial charge in [0.15, 0.2) is 9.84 Å². The Hall–Kier alpha value is -3.64. The number of carbonyl (C=O) groups is 1. The highest BCUT2D eigenvalue weighted by molar-refractivity contribution is 7.91. The molecular weight excluding hydrogens is 559 g/mol. The summed E-state index contributed by atoms with van der Waals surface area (Å²) in [6.07, 6.45) is -2.64. The highest BCUT2D eigenvalue weighted by atomic mass is 32.2. The third kappa shape index (κ3) is 7.76. The Morgan fingerprint density at radius 1 is 1.05 bits per heavy atom. The van der Waals surface area contributed by atoms with Crippen molar-refractivity contribution in [1.29, 1.82) is 0 Å². The quantitative estimate of drug-likeness (QED) is 0.339. The Morgan fingerprint density at radius 2 is 1.76 bits per heavy atom. The maximum Gasteiger partial charge on any atom is 0.416 e. The molecule has 220 valence electrons. The van der Waals surface area contributed by atoms with Crippen molar-refractivity contribution in [3.63, 3.8) is 0 Å². The minimum Gasteiger partial charge on any atom is -0.489 e. The lowest BCUT2D eigenvalue weighted by atomic mass is 10.2. The zero-order chi connectivity index (χ0) is 29.6. The molecule has 1 saturated heterocycles. The molecule has 0 radical (unpaired) electrons. The van der Waals surface area contributed by atoms with E-state index in [1.54, 1.807) is 31.2 Å². The van der Waals surface area contributed by atoms with Gasteiger partial charge in [-0.15, -0.1) is 0 Å². The van der Waals surface area contributed by atoms with Gasteiger partial charge in [-0.1, -0.05) is 19.1 Å². The normalized spacial score (nSPS) is 17.4. The predicted octanol–water partition coefficient (Wildman–Crippen LogP) is 4.89. The third-order valence-corrected chi connectivity index (χ3v) is 8.55. The Balaban J connectivity index is 1.38. The number of halogens is 3. The Kier molecular flexibility index (Phi) is 9.54. The van der Waals surface area contributed by atoms with E-state index < -0.39 is 21.6 Å². The third-order valence-electron chi connectivity index (χ3n) is 6.79. The lowest BCUT2D eigenvalue weighted by molar-refractivity contribution is -0.137. The number of aromatic nitrogens is 1. The molecular formula is C29H32F3N3O5S. The number of ether oxygens (including phenoxy) is 2. The fourth-order valence-electron chi connectivity index (χ4n) is 4.52. The molecule has 12 heteroatoms. The minimum atomic E-state index is -4.41. The van der Waals surface area contributed by atoms with Crippen LogP contribution < -0.4 is 15.0 Å². The molecule has 1 amide bonds. The molecule has 41 heavy (non-hydrogen) atoms. The molecule has 3 aromatic rings. The summed E-state index contributed by atoms with van der Waals surface area (Å²) in [6, 6.07) is 14.3. The molecule has 4 rings (SSSR count). The van der Waals surface area contributed by atoms with Crippen LogP contribution in [0.1, 0.15) is 41.8 Å². The van der Waals surface area contributed by atoms with Crippen molar-refractivity contribution in [1.82, 2.24) is 10.3 Å². The highest BCUT2D eigenvalue weighted by Gasteiger charge is 2.35. The molecule has 0 spiro atoms. The molecule has 0 saturated carbocycles. The number of benzene rings is 2. The van der Waals surface area contributed by atoms with E-state index in [9.17, 15) is 26.4 Å². The smallest absolute Gasteiger partial charge is 0.416 e. The zero-order valence-corrected chi connectivity index (χ0v) is 23.5. The molecule has 2 heterocycles. The van der Waals surface area contributed by atoms with Gasteiger partial charge in [0.05, 0.1) is 41.0 Å². The molecule has 0 bridgehead atoms. The van der Waals surface area contributed by atoms with Crippen molar-refractivity contribution < 1.29 is 35.9 Å². The van der Waals surface area contributed by atoms with E-state index in [1.165, 1.54) is 30.5 Å². The monoisotopic (exact) mass is 591 g/mol. The van der Waals surface area contributed by atoms with Gasteiger partial charge in [0.2, 0.25) is 0 Å². The van der Waals surface area contributed by atoms with Crippen molar-refractivity contribution in [2.45, 2.75) is 50.0 Å².